The number of hydrogen-bond acceptors (Lipinski definition) is 6. The lowest BCUT2D eigenvalue weighted by Crippen LogP contribution is -2.22. The molecular weight excluding hydrogens is 422 g/mol. The van der Waals surface area contributed by atoms with Gasteiger partial charge in [-0.15, -0.1) is 27.0 Å². The van der Waals surface area contributed by atoms with Gasteiger partial charge in [0, 0.05) is 18.7 Å². The van der Waals surface area contributed by atoms with Crippen molar-refractivity contribution in [2.45, 2.75) is 30.9 Å². The van der Waals surface area contributed by atoms with E-state index in [1.165, 1.54) is 11.8 Å². The number of fused-ring (bicyclic) bond motifs is 3. The lowest BCUT2D eigenvalue weighted by molar-refractivity contribution is 0.730. The molecule has 0 spiro atoms. The van der Waals surface area contributed by atoms with Gasteiger partial charge in [0.15, 0.2) is 11.0 Å². The van der Waals surface area contributed by atoms with E-state index in [-0.39, 0.29) is 5.56 Å². The van der Waals surface area contributed by atoms with Crippen molar-refractivity contribution in [3.05, 3.63) is 83.4 Å². The van der Waals surface area contributed by atoms with E-state index in [0.29, 0.717) is 30.0 Å². The van der Waals surface area contributed by atoms with Gasteiger partial charge in [-0.05, 0) is 19.1 Å². The molecule has 8 nitrogen and oxygen atoms in total. The molecular formula is C23H21N7OS. The average molecular weight is 444 g/mol. The summed E-state index contributed by atoms with van der Waals surface area (Å²) in [6.07, 6.45) is 1.83. The van der Waals surface area contributed by atoms with Crippen molar-refractivity contribution >= 4 is 28.4 Å². The van der Waals surface area contributed by atoms with Gasteiger partial charge in [0.2, 0.25) is 5.78 Å². The number of thioether (sulfide) groups is 1. The number of rotatable bonds is 7. The van der Waals surface area contributed by atoms with Gasteiger partial charge in [0.25, 0.3) is 5.56 Å². The van der Waals surface area contributed by atoms with Gasteiger partial charge in [-0.1, -0.05) is 60.3 Å². The lowest BCUT2D eigenvalue weighted by atomic mass is 10.2. The van der Waals surface area contributed by atoms with Crippen LogP contribution < -0.4 is 5.56 Å². The van der Waals surface area contributed by atoms with Crippen molar-refractivity contribution in [1.29, 1.82) is 0 Å². The predicted octanol–water partition coefficient (Wildman–Crippen LogP) is 3.80. The number of benzene rings is 2. The van der Waals surface area contributed by atoms with E-state index < -0.39 is 0 Å². The standard InChI is InChI=1S/C23H21N7OS/c1-3-14-29-20(16-10-6-5-7-11-16)25-27-23(29)32-15-19-24-26-22-28(4-2)21(31)17-12-8-9-13-18(17)30(19)22/h3,5-13H,1,4,14-15H2,2H3. The Morgan fingerprint density at radius 2 is 1.75 bits per heavy atom. The largest absolute Gasteiger partial charge is 0.298 e. The quantitative estimate of drug-likeness (QED) is 0.281. The fourth-order valence-corrected chi connectivity index (χ4v) is 4.67. The summed E-state index contributed by atoms with van der Waals surface area (Å²) in [7, 11) is 0. The van der Waals surface area contributed by atoms with Crippen LogP contribution in [-0.2, 0) is 18.8 Å². The van der Waals surface area contributed by atoms with Crippen LogP contribution >= 0.6 is 11.8 Å². The van der Waals surface area contributed by atoms with Gasteiger partial charge in [0.1, 0.15) is 5.82 Å². The maximum Gasteiger partial charge on any atom is 0.262 e. The third-order valence-corrected chi connectivity index (χ3v) is 6.24. The molecule has 0 fully saturated rings. The molecule has 3 heterocycles. The summed E-state index contributed by atoms with van der Waals surface area (Å²) in [5.41, 5.74) is 1.75. The molecule has 0 bridgehead atoms. The SMILES string of the molecule is C=CCn1c(SCc2nnc3n(CC)c(=O)c4ccccc4n23)nnc1-c1ccccc1. The molecule has 0 atom stereocenters. The highest BCUT2D eigenvalue weighted by atomic mass is 32.2. The maximum atomic E-state index is 12.9. The Hall–Kier alpha value is -3.72. The summed E-state index contributed by atoms with van der Waals surface area (Å²) in [5, 5.41) is 19.0. The smallest absolute Gasteiger partial charge is 0.262 e. The molecule has 0 aliphatic heterocycles. The number of hydrogen-bond donors (Lipinski definition) is 0. The Labute approximate surface area is 188 Å². The van der Waals surface area contributed by atoms with Crippen LogP contribution in [0.15, 0.2) is 77.2 Å². The number of aryl methyl sites for hydroxylation is 1. The summed E-state index contributed by atoms with van der Waals surface area (Å²) in [5.74, 6) is 2.61. The summed E-state index contributed by atoms with van der Waals surface area (Å²) in [6, 6.07) is 17.5. The first-order valence-electron chi connectivity index (χ1n) is 10.3. The zero-order chi connectivity index (χ0) is 22.1. The third-order valence-electron chi connectivity index (χ3n) is 5.28. The number of para-hydroxylation sites is 1. The summed E-state index contributed by atoms with van der Waals surface area (Å²) in [4.78, 5) is 12.9. The monoisotopic (exact) mass is 443 g/mol. The van der Waals surface area contributed by atoms with Crippen molar-refractivity contribution < 1.29 is 0 Å². The highest BCUT2D eigenvalue weighted by Gasteiger charge is 2.18. The Morgan fingerprint density at radius 3 is 2.53 bits per heavy atom. The molecule has 0 saturated carbocycles. The summed E-state index contributed by atoms with van der Waals surface area (Å²) >= 11 is 1.53. The molecule has 32 heavy (non-hydrogen) atoms. The molecule has 0 N–H and O–H groups in total. The molecule has 5 aromatic rings. The molecule has 3 aromatic heterocycles. The van der Waals surface area contributed by atoms with Gasteiger partial charge >= 0.3 is 0 Å². The van der Waals surface area contributed by atoms with Gasteiger partial charge < -0.3 is 0 Å². The number of aromatic nitrogens is 7. The lowest BCUT2D eigenvalue weighted by Gasteiger charge is -2.10. The van der Waals surface area contributed by atoms with Crippen molar-refractivity contribution in [2.75, 3.05) is 0 Å². The minimum Gasteiger partial charge on any atom is -0.298 e. The molecule has 0 saturated heterocycles. The molecule has 0 aliphatic rings. The highest BCUT2D eigenvalue weighted by Crippen LogP contribution is 2.27. The molecule has 5 rings (SSSR count). The van der Waals surface area contributed by atoms with Crippen LogP contribution in [-0.4, -0.2) is 33.9 Å². The molecule has 0 amide bonds. The number of allylic oxidation sites excluding steroid dienone is 1. The second-order valence-electron chi connectivity index (χ2n) is 7.18. The highest BCUT2D eigenvalue weighted by molar-refractivity contribution is 7.98. The van der Waals surface area contributed by atoms with E-state index in [1.54, 1.807) is 4.57 Å². The fraction of sp³-hybridized carbons (Fsp3) is 0.174. The van der Waals surface area contributed by atoms with Crippen molar-refractivity contribution in [1.82, 2.24) is 33.9 Å². The van der Waals surface area contributed by atoms with Gasteiger partial charge in [-0.25, -0.2) is 0 Å². The van der Waals surface area contributed by atoms with E-state index in [2.05, 4.69) is 27.0 Å². The Morgan fingerprint density at radius 1 is 0.969 bits per heavy atom. The molecule has 0 aliphatic carbocycles. The fourth-order valence-electron chi connectivity index (χ4n) is 3.81. The van der Waals surface area contributed by atoms with E-state index in [0.717, 1.165) is 27.9 Å². The number of nitrogens with zero attached hydrogens (tertiary/aromatic N) is 7. The first-order valence-corrected chi connectivity index (χ1v) is 11.3. The second-order valence-corrected chi connectivity index (χ2v) is 8.12. The topological polar surface area (TPSA) is 82.9 Å². The van der Waals surface area contributed by atoms with Crippen LogP contribution in [0.1, 0.15) is 12.7 Å². The van der Waals surface area contributed by atoms with Crippen LogP contribution in [0.5, 0.6) is 0 Å². The second kappa shape index (κ2) is 8.43. The normalized spacial score (nSPS) is 11.4. The zero-order valence-electron chi connectivity index (χ0n) is 17.5. The molecule has 2 aromatic carbocycles. The van der Waals surface area contributed by atoms with E-state index >= 15 is 0 Å². The minimum absolute atomic E-state index is 0.0552. The average Bonchev–Trinajstić information content (AvgIpc) is 3.43. The Balaban J connectivity index is 1.56. The van der Waals surface area contributed by atoms with Crippen molar-refractivity contribution in [2.24, 2.45) is 0 Å². The van der Waals surface area contributed by atoms with Crippen LogP contribution in [0.4, 0.5) is 0 Å². The van der Waals surface area contributed by atoms with E-state index in [1.807, 2.05) is 76.6 Å². The van der Waals surface area contributed by atoms with E-state index in [9.17, 15) is 4.79 Å². The molecule has 160 valence electrons. The van der Waals surface area contributed by atoms with Crippen molar-refractivity contribution in [3.8, 4) is 11.4 Å². The predicted molar refractivity (Wildman–Crippen MR) is 126 cm³/mol. The molecule has 9 heteroatoms. The maximum absolute atomic E-state index is 12.9. The molecule has 0 radical (unpaired) electrons. The van der Waals surface area contributed by atoms with Crippen LogP contribution in [0, 0.1) is 0 Å². The van der Waals surface area contributed by atoms with Crippen LogP contribution in [0.2, 0.25) is 0 Å². The summed E-state index contributed by atoms with van der Waals surface area (Å²) in [6.45, 7) is 6.93. The van der Waals surface area contributed by atoms with Crippen LogP contribution in [0.25, 0.3) is 28.1 Å². The van der Waals surface area contributed by atoms with Gasteiger partial charge in [0.05, 0.1) is 16.7 Å². The minimum atomic E-state index is -0.0552. The Bertz CT molecular complexity index is 1480. The summed E-state index contributed by atoms with van der Waals surface area (Å²) < 4.78 is 5.65. The first kappa shape index (κ1) is 20.2. The van der Waals surface area contributed by atoms with Gasteiger partial charge in [-0.2, -0.15) is 0 Å². The van der Waals surface area contributed by atoms with Crippen LogP contribution in [0.3, 0.4) is 0 Å². The van der Waals surface area contributed by atoms with E-state index in [4.69, 9.17) is 0 Å². The van der Waals surface area contributed by atoms with Crippen molar-refractivity contribution in [3.63, 3.8) is 0 Å². The third kappa shape index (κ3) is 3.31. The Kier molecular flexibility index (Phi) is 5.32. The van der Waals surface area contributed by atoms with Gasteiger partial charge in [-0.3, -0.25) is 18.3 Å². The molecule has 0 unspecified atom stereocenters. The first-order chi connectivity index (χ1) is 15.7. The zero-order valence-corrected chi connectivity index (χ0v) is 18.4.